The third-order valence-electron chi connectivity index (χ3n) is 1.59. The zero-order chi connectivity index (χ0) is 8.10. The average Bonchev–Trinajstić information content (AvgIpc) is 2.14. The molecule has 0 N–H and O–H groups in total. The summed E-state index contributed by atoms with van der Waals surface area (Å²) in [7, 11) is 0. The van der Waals surface area contributed by atoms with Gasteiger partial charge in [-0.05, 0) is 19.3 Å². The molecule has 0 radical (unpaired) electrons. The Morgan fingerprint density at radius 2 is 2.36 bits per heavy atom. The van der Waals surface area contributed by atoms with Crippen LogP contribution in [0.5, 0.6) is 0 Å². The lowest BCUT2D eigenvalue weighted by Gasteiger charge is -2.07. The lowest BCUT2D eigenvalue weighted by Crippen LogP contribution is -2.13. The summed E-state index contributed by atoms with van der Waals surface area (Å²) in [5.74, 6) is 5.66. The van der Waals surface area contributed by atoms with Crippen molar-refractivity contribution in [3.63, 3.8) is 0 Å². The summed E-state index contributed by atoms with van der Waals surface area (Å²) in [4.78, 5) is 10.5. The molecule has 0 amide bonds. The zero-order valence-electron chi connectivity index (χ0n) is 6.72. The van der Waals surface area contributed by atoms with E-state index in [1.54, 1.807) is 0 Å². The molecule has 0 heterocycles. The summed E-state index contributed by atoms with van der Waals surface area (Å²) in [6.45, 7) is 1.42. The van der Waals surface area contributed by atoms with Gasteiger partial charge in [0.25, 0.3) is 0 Å². The minimum Gasteiger partial charge on any atom is -0.449 e. The van der Waals surface area contributed by atoms with Gasteiger partial charge in [-0.25, -0.2) is 0 Å². The second-order valence-electron chi connectivity index (χ2n) is 2.66. The molecule has 0 fully saturated rings. The molecule has 0 aromatic heterocycles. The minimum atomic E-state index is -0.230. The smallest absolute Gasteiger partial charge is 0.303 e. The average molecular weight is 152 g/mol. The van der Waals surface area contributed by atoms with Gasteiger partial charge in [0.2, 0.25) is 0 Å². The van der Waals surface area contributed by atoms with Crippen LogP contribution in [-0.2, 0) is 9.53 Å². The van der Waals surface area contributed by atoms with Crippen molar-refractivity contribution in [1.82, 2.24) is 0 Å². The van der Waals surface area contributed by atoms with Crippen LogP contribution in [0, 0.1) is 11.8 Å². The van der Waals surface area contributed by atoms with Gasteiger partial charge in [-0.3, -0.25) is 4.79 Å². The van der Waals surface area contributed by atoms with Gasteiger partial charge in [0.1, 0.15) is 0 Å². The molecule has 0 saturated carbocycles. The summed E-state index contributed by atoms with van der Waals surface area (Å²) < 4.78 is 4.96. The van der Waals surface area contributed by atoms with Crippen molar-refractivity contribution < 1.29 is 9.53 Å². The summed E-state index contributed by atoms with van der Waals surface area (Å²) in [5.41, 5.74) is 0. The first-order chi connectivity index (χ1) is 5.29. The molecule has 0 aliphatic heterocycles. The van der Waals surface area contributed by atoms with Gasteiger partial charge >= 0.3 is 5.97 Å². The molecule has 1 atom stereocenters. The highest BCUT2D eigenvalue weighted by molar-refractivity contribution is 5.66. The van der Waals surface area contributed by atoms with Crippen LogP contribution in [0.1, 0.15) is 32.6 Å². The van der Waals surface area contributed by atoms with Gasteiger partial charge in [-0.2, -0.15) is 0 Å². The summed E-state index contributed by atoms with van der Waals surface area (Å²) in [6.07, 6.45) is 3.92. The lowest BCUT2D eigenvalue weighted by atomic mass is 10.2. The fourth-order valence-corrected chi connectivity index (χ4v) is 1.09. The Bertz CT molecular complexity index is 197. The Morgan fingerprint density at radius 3 is 3.09 bits per heavy atom. The molecule has 2 nitrogen and oxygen atoms in total. The van der Waals surface area contributed by atoms with Crippen molar-refractivity contribution >= 4 is 5.97 Å². The second kappa shape index (κ2) is 4.02. The van der Waals surface area contributed by atoms with Gasteiger partial charge in [-0.1, -0.05) is 11.8 Å². The van der Waals surface area contributed by atoms with E-state index in [9.17, 15) is 4.79 Å². The number of carbonyl (C=O) groups excluding carboxylic acids is 1. The minimum absolute atomic E-state index is 0.144. The van der Waals surface area contributed by atoms with E-state index >= 15 is 0 Å². The molecule has 60 valence electrons. The van der Waals surface area contributed by atoms with Crippen molar-refractivity contribution in [2.75, 3.05) is 0 Å². The molecule has 1 aliphatic rings. The van der Waals surface area contributed by atoms with Gasteiger partial charge in [0.05, 0.1) is 0 Å². The Kier molecular flexibility index (Phi) is 2.97. The molecule has 0 aromatic carbocycles. The predicted octanol–water partition coefficient (Wildman–Crippen LogP) is 1.50. The maximum Gasteiger partial charge on any atom is 0.303 e. The van der Waals surface area contributed by atoms with Crippen molar-refractivity contribution in [3.8, 4) is 11.8 Å². The molecule has 0 bridgehead atoms. The van der Waals surface area contributed by atoms with Crippen LogP contribution >= 0.6 is 0 Å². The molecule has 2 heteroatoms. The fraction of sp³-hybridized carbons (Fsp3) is 0.667. The van der Waals surface area contributed by atoms with Crippen LogP contribution < -0.4 is 0 Å². The Labute approximate surface area is 66.9 Å². The van der Waals surface area contributed by atoms with Gasteiger partial charge < -0.3 is 4.74 Å². The monoisotopic (exact) mass is 152 g/mol. The third kappa shape index (κ3) is 3.08. The number of carbonyl (C=O) groups is 1. The van der Waals surface area contributed by atoms with E-state index in [0.29, 0.717) is 0 Å². The number of rotatable bonds is 1. The second-order valence-corrected chi connectivity index (χ2v) is 2.66. The van der Waals surface area contributed by atoms with E-state index in [1.807, 2.05) is 0 Å². The molecular weight excluding hydrogens is 140 g/mol. The highest BCUT2D eigenvalue weighted by Gasteiger charge is 2.09. The standard InChI is InChI=1S/C9H12O2/c1-8(10)11-9-6-4-2-3-5-7-9/h9H,2-4,6H2,1H3. The predicted molar refractivity (Wildman–Crippen MR) is 41.8 cm³/mol. The molecule has 0 spiro atoms. The van der Waals surface area contributed by atoms with Gasteiger partial charge in [-0.15, -0.1) is 0 Å². The van der Waals surface area contributed by atoms with Crippen molar-refractivity contribution in [3.05, 3.63) is 0 Å². The fourth-order valence-electron chi connectivity index (χ4n) is 1.09. The van der Waals surface area contributed by atoms with Crippen molar-refractivity contribution in [2.45, 2.75) is 38.7 Å². The Balaban J connectivity index is 2.40. The van der Waals surface area contributed by atoms with E-state index in [-0.39, 0.29) is 12.1 Å². The van der Waals surface area contributed by atoms with Crippen LogP contribution in [-0.4, -0.2) is 12.1 Å². The van der Waals surface area contributed by atoms with E-state index in [4.69, 9.17) is 4.74 Å². The van der Waals surface area contributed by atoms with E-state index in [0.717, 1.165) is 25.7 Å². The number of ether oxygens (including phenoxy) is 1. The topological polar surface area (TPSA) is 26.3 Å². The van der Waals surface area contributed by atoms with Crippen LogP contribution in [0.4, 0.5) is 0 Å². The number of hydrogen-bond acceptors (Lipinski definition) is 2. The third-order valence-corrected chi connectivity index (χ3v) is 1.59. The largest absolute Gasteiger partial charge is 0.449 e. The van der Waals surface area contributed by atoms with Crippen molar-refractivity contribution in [1.29, 1.82) is 0 Å². The van der Waals surface area contributed by atoms with Crippen LogP contribution in [0.15, 0.2) is 0 Å². The summed E-state index contributed by atoms with van der Waals surface area (Å²) in [6, 6.07) is 0. The lowest BCUT2D eigenvalue weighted by molar-refractivity contribution is -0.143. The highest BCUT2D eigenvalue weighted by atomic mass is 16.5. The van der Waals surface area contributed by atoms with Crippen LogP contribution in [0.2, 0.25) is 0 Å². The maximum atomic E-state index is 10.5. The number of hydrogen-bond donors (Lipinski definition) is 0. The quantitative estimate of drug-likeness (QED) is 0.420. The van der Waals surface area contributed by atoms with Gasteiger partial charge in [0.15, 0.2) is 6.10 Å². The van der Waals surface area contributed by atoms with E-state index in [2.05, 4.69) is 11.8 Å². The molecule has 1 aliphatic carbocycles. The SMILES string of the molecule is CC(=O)OC1C#CCCCC1. The Hall–Kier alpha value is -0.970. The molecule has 1 unspecified atom stereocenters. The molecule has 0 saturated heterocycles. The van der Waals surface area contributed by atoms with E-state index < -0.39 is 0 Å². The zero-order valence-corrected chi connectivity index (χ0v) is 6.72. The first-order valence-corrected chi connectivity index (χ1v) is 3.94. The Morgan fingerprint density at radius 1 is 1.55 bits per heavy atom. The molecule has 0 aromatic rings. The van der Waals surface area contributed by atoms with E-state index in [1.165, 1.54) is 6.92 Å². The van der Waals surface area contributed by atoms with Crippen LogP contribution in [0.25, 0.3) is 0 Å². The first-order valence-electron chi connectivity index (χ1n) is 3.94. The molecule has 11 heavy (non-hydrogen) atoms. The highest BCUT2D eigenvalue weighted by Crippen LogP contribution is 2.09. The number of esters is 1. The summed E-state index contributed by atoms with van der Waals surface area (Å²) >= 11 is 0. The summed E-state index contributed by atoms with van der Waals surface area (Å²) in [5, 5.41) is 0. The first kappa shape index (κ1) is 8.13. The maximum absolute atomic E-state index is 10.5. The molecule has 1 rings (SSSR count). The van der Waals surface area contributed by atoms with Crippen LogP contribution in [0.3, 0.4) is 0 Å². The normalized spacial score (nSPS) is 22.8. The van der Waals surface area contributed by atoms with Crippen molar-refractivity contribution in [2.24, 2.45) is 0 Å². The van der Waals surface area contributed by atoms with Gasteiger partial charge in [0, 0.05) is 13.3 Å². The molecular formula is C9H12O2.